The predicted octanol–water partition coefficient (Wildman–Crippen LogP) is -2.53. The third-order valence-corrected chi connectivity index (χ3v) is 0.801. The number of halogens is 1. The summed E-state index contributed by atoms with van der Waals surface area (Å²) in [7, 11) is -2.13. The quantitative estimate of drug-likeness (QED) is 0.440. The molecule has 0 aromatic heterocycles. The molecule has 0 spiro atoms. The summed E-state index contributed by atoms with van der Waals surface area (Å²) in [5.74, 6) is 0. The largest absolute Gasteiger partial charge is 0.396 e. The zero-order valence-corrected chi connectivity index (χ0v) is 4.93. The molecule has 50 valence electrons. The Morgan fingerprint density at radius 3 is 2.50 bits per heavy atom. The fourth-order valence-corrected chi connectivity index (χ4v) is 0.417. The molecule has 0 amide bonds. The van der Waals surface area contributed by atoms with Gasteiger partial charge in [-0.1, -0.05) is 0 Å². The van der Waals surface area contributed by atoms with Crippen molar-refractivity contribution in [2.75, 3.05) is 13.2 Å². The molecule has 0 aliphatic heterocycles. The van der Waals surface area contributed by atoms with Crippen LogP contribution in [0, 0.1) is 10.8 Å². The SMILES string of the molecule is [O-][Cl+2]([O-])OCCCO. The summed E-state index contributed by atoms with van der Waals surface area (Å²) in [5.41, 5.74) is 0. The van der Waals surface area contributed by atoms with Crippen molar-refractivity contribution >= 4 is 0 Å². The Labute approximate surface area is 50.1 Å². The van der Waals surface area contributed by atoms with Gasteiger partial charge in [0, 0.05) is 17.3 Å². The van der Waals surface area contributed by atoms with E-state index in [-0.39, 0.29) is 13.2 Å². The Balaban J connectivity index is 2.72. The lowest BCUT2D eigenvalue weighted by Crippen LogP contribution is -2.34. The van der Waals surface area contributed by atoms with E-state index in [1.807, 2.05) is 0 Å². The van der Waals surface area contributed by atoms with Gasteiger partial charge in [0.05, 0.1) is 0 Å². The molecule has 8 heavy (non-hydrogen) atoms. The standard InChI is InChI=1S/C3H7ClO4/c5-2-1-3-8-4(6)7/h5H,1-3H2. The number of hydrogen-bond acceptors (Lipinski definition) is 4. The van der Waals surface area contributed by atoms with Crippen molar-refractivity contribution in [3.8, 4) is 0 Å². The molecule has 0 radical (unpaired) electrons. The predicted molar refractivity (Wildman–Crippen MR) is 17.7 cm³/mol. The van der Waals surface area contributed by atoms with Crippen LogP contribution in [0.15, 0.2) is 0 Å². The molecule has 0 heterocycles. The van der Waals surface area contributed by atoms with Gasteiger partial charge in [-0.25, -0.2) is 0 Å². The molecule has 0 aromatic carbocycles. The van der Waals surface area contributed by atoms with E-state index in [2.05, 4.69) is 4.29 Å². The Hall–Kier alpha value is 0.130. The van der Waals surface area contributed by atoms with E-state index >= 15 is 0 Å². The molecular formula is C3H7ClO4. The fourth-order valence-electron chi connectivity index (χ4n) is 0.182. The minimum Gasteiger partial charge on any atom is -0.396 e. The van der Waals surface area contributed by atoms with E-state index < -0.39 is 10.8 Å². The number of aliphatic hydroxyl groups is 1. The molecule has 0 bridgehead atoms. The highest BCUT2D eigenvalue weighted by molar-refractivity contribution is 4.23. The summed E-state index contributed by atoms with van der Waals surface area (Å²) in [5, 5.41) is 8.09. The molecule has 0 saturated heterocycles. The van der Waals surface area contributed by atoms with E-state index in [1.165, 1.54) is 0 Å². The summed E-state index contributed by atoms with van der Waals surface area (Å²) in [6.07, 6.45) is 0.346. The molecule has 1 N–H and O–H groups in total. The molecule has 0 atom stereocenters. The van der Waals surface area contributed by atoms with Crippen molar-refractivity contribution in [3.63, 3.8) is 0 Å². The van der Waals surface area contributed by atoms with Crippen LogP contribution in [0.3, 0.4) is 0 Å². The van der Waals surface area contributed by atoms with E-state index in [0.29, 0.717) is 6.42 Å². The molecule has 0 unspecified atom stereocenters. The van der Waals surface area contributed by atoms with E-state index in [4.69, 9.17) is 5.11 Å². The maximum atomic E-state index is 9.53. The Kier molecular flexibility index (Phi) is 5.36. The van der Waals surface area contributed by atoms with Gasteiger partial charge >= 0.3 is 0 Å². The Morgan fingerprint density at radius 2 is 2.12 bits per heavy atom. The van der Waals surface area contributed by atoms with Gasteiger partial charge in [-0.3, -0.25) is 0 Å². The summed E-state index contributed by atoms with van der Waals surface area (Å²) < 4.78 is 23.1. The highest BCUT2D eigenvalue weighted by Crippen LogP contribution is 1.81. The van der Waals surface area contributed by atoms with Crippen LogP contribution in [0.25, 0.3) is 0 Å². The third-order valence-electron chi connectivity index (χ3n) is 0.469. The second kappa shape index (κ2) is 5.27. The number of aliphatic hydroxyl groups excluding tert-OH is 1. The lowest BCUT2D eigenvalue weighted by molar-refractivity contribution is -1.63. The Morgan fingerprint density at radius 1 is 1.50 bits per heavy atom. The summed E-state index contributed by atoms with van der Waals surface area (Å²) in [4.78, 5) is 0. The monoisotopic (exact) mass is 142 g/mol. The van der Waals surface area contributed by atoms with Crippen LogP contribution in [-0.4, -0.2) is 18.3 Å². The maximum Gasteiger partial charge on any atom is 0.285 e. The highest BCUT2D eigenvalue weighted by Gasteiger charge is 2.03. The van der Waals surface area contributed by atoms with Gasteiger partial charge in [-0.05, 0) is 0 Å². The minimum atomic E-state index is -2.13. The summed E-state index contributed by atoms with van der Waals surface area (Å²) >= 11 is 0. The van der Waals surface area contributed by atoms with E-state index in [0.717, 1.165) is 0 Å². The van der Waals surface area contributed by atoms with Gasteiger partial charge in [0.1, 0.15) is 0 Å². The molecule has 0 saturated carbocycles. The molecular weight excluding hydrogens is 135 g/mol. The maximum absolute atomic E-state index is 9.53. The molecule has 5 heteroatoms. The first-order chi connectivity index (χ1) is 3.77. The minimum absolute atomic E-state index is 0.0457. The second-order valence-corrected chi connectivity index (χ2v) is 1.68. The normalized spacial score (nSPS) is 10.5. The second-order valence-electron chi connectivity index (χ2n) is 1.08. The molecule has 4 nitrogen and oxygen atoms in total. The van der Waals surface area contributed by atoms with Crippen molar-refractivity contribution in [2.24, 2.45) is 0 Å². The van der Waals surface area contributed by atoms with Gasteiger partial charge in [0.25, 0.3) is 10.8 Å². The van der Waals surface area contributed by atoms with Gasteiger partial charge in [0.15, 0.2) is 6.61 Å². The smallest absolute Gasteiger partial charge is 0.285 e. The zero-order valence-electron chi connectivity index (χ0n) is 4.17. The van der Waals surface area contributed by atoms with Crippen LogP contribution in [0.2, 0.25) is 0 Å². The molecule has 0 rings (SSSR count). The van der Waals surface area contributed by atoms with E-state index in [1.54, 1.807) is 0 Å². The van der Waals surface area contributed by atoms with Crippen molar-refractivity contribution in [2.45, 2.75) is 6.42 Å². The zero-order chi connectivity index (χ0) is 6.41. The molecule has 0 fully saturated rings. The van der Waals surface area contributed by atoms with Crippen molar-refractivity contribution in [3.05, 3.63) is 0 Å². The first kappa shape index (κ1) is 8.13. The topological polar surface area (TPSA) is 75.6 Å². The van der Waals surface area contributed by atoms with Crippen LogP contribution in [0.5, 0.6) is 0 Å². The lowest BCUT2D eigenvalue weighted by Gasteiger charge is -1.90. The number of hydrogen-bond donors (Lipinski definition) is 1. The Bertz CT molecular complexity index is 48.5. The molecule has 0 aliphatic carbocycles. The summed E-state index contributed by atoms with van der Waals surface area (Å²) in [6.45, 7) is -0.00472. The first-order valence-corrected chi connectivity index (χ1v) is 2.99. The van der Waals surface area contributed by atoms with Gasteiger partial charge in [0.2, 0.25) is 0 Å². The van der Waals surface area contributed by atoms with E-state index in [9.17, 15) is 9.32 Å². The third kappa shape index (κ3) is 6.13. The first-order valence-electron chi connectivity index (χ1n) is 2.07. The van der Waals surface area contributed by atoms with Crippen LogP contribution in [-0.2, 0) is 4.29 Å². The van der Waals surface area contributed by atoms with Crippen molar-refractivity contribution in [1.82, 2.24) is 0 Å². The average molecular weight is 143 g/mol. The van der Waals surface area contributed by atoms with Crippen LogP contribution >= 0.6 is 0 Å². The summed E-state index contributed by atoms with van der Waals surface area (Å²) in [6, 6.07) is 0. The van der Waals surface area contributed by atoms with Crippen LogP contribution < -0.4 is 9.32 Å². The van der Waals surface area contributed by atoms with Gasteiger partial charge in [-0.2, -0.15) is 0 Å². The lowest BCUT2D eigenvalue weighted by atomic mass is 10.5. The molecule has 0 aromatic rings. The van der Waals surface area contributed by atoms with Crippen molar-refractivity contribution < 1.29 is 29.5 Å². The fraction of sp³-hybridized carbons (Fsp3) is 1.00. The van der Waals surface area contributed by atoms with Gasteiger partial charge < -0.3 is 14.4 Å². The van der Waals surface area contributed by atoms with Crippen LogP contribution in [0.4, 0.5) is 0 Å². The van der Waals surface area contributed by atoms with Crippen LogP contribution in [0.1, 0.15) is 6.42 Å². The van der Waals surface area contributed by atoms with Gasteiger partial charge in [-0.15, -0.1) is 0 Å². The molecule has 0 aliphatic rings. The number of rotatable bonds is 4. The van der Waals surface area contributed by atoms with Crippen molar-refractivity contribution in [1.29, 1.82) is 0 Å². The average Bonchev–Trinajstić information content (AvgIpc) is 1.66. The highest BCUT2D eigenvalue weighted by atomic mass is 35.6.